The standard InChI is InChI=1S/C83H108Cl6N10O19S3/c1-97-49-70(67-43-60(84)46-76(87)73(67)52-97)57-10-4-15-64(40-57)119(106,107)39-9-28-113-34-35-114-29-23-92-81(104)90-21-19-83(96-79(101)55-118-56-80(102)103,18-7-13-63(100)14-8-27-112-33-36-116-31-25-94-120(108,109)65-16-5-11-58(41-65)71-50-98(2)53-74-68(71)44-61(85)47-77(74)88)20-22-91-82(105)93-24-30-115-37-38-117-32-26-95-121(110,111)66-17-6-12-59(42-66)72-51-99(3)54-75-69(72)45-62(86)48-78(75)89/h4-6,10-12,15-17,40-48,70-72,94-95H,7-9,13-14,18-39,49-56H2,1-3H3,(H,96,101)(H,102,103)(H2,90,92,104)(H2,91,93,105)/t70-,71-,72-,83?/m0/s1. The number of ketones is 1. The monoisotopic (exact) mass is 1850 g/mol. The molecule has 3 aliphatic heterocycles. The van der Waals surface area contributed by atoms with Crippen LogP contribution in [0.2, 0.25) is 30.1 Å². The minimum atomic E-state index is -3.91. The van der Waals surface area contributed by atoms with Gasteiger partial charge in [0.25, 0.3) is 0 Å². The van der Waals surface area contributed by atoms with Gasteiger partial charge < -0.3 is 79.5 Å². The smallest absolute Gasteiger partial charge is 0.329 e. The van der Waals surface area contributed by atoms with Crippen LogP contribution >= 0.6 is 69.6 Å². The molecule has 0 saturated carbocycles. The number of Topliss-reactive ketones (excluding diaryl/α,β-unsaturated/α-hetero) is 1. The summed E-state index contributed by atoms with van der Waals surface area (Å²) in [5.74, 6) is -2.67. The zero-order valence-electron chi connectivity index (χ0n) is 68.0. The Labute approximate surface area is 738 Å². The van der Waals surface area contributed by atoms with Crippen LogP contribution in [0.3, 0.4) is 0 Å². The van der Waals surface area contributed by atoms with Gasteiger partial charge in [-0.15, -0.1) is 0 Å². The molecule has 0 radical (unpaired) electrons. The summed E-state index contributed by atoms with van der Waals surface area (Å²) in [5.41, 5.74) is 6.98. The van der Waals surface area contributed by atoms with E-state index in [0.717, 1.165) is 50.1 Å². The van der Waals surface area contributed by atoms with Gasteiger partial charge in [-0.3, -0.25) is 9.59 Å². The first-order chi connectivity index (χ1) is 57.9. The lowest BCUT2D eigenvalue weighted by Gasteiger charge is -2.35. The summed E-state index contributed by atoms with van der Waals surface area (Å²) >= 11 is 38.9. The second-order valence-electron chi connectivity index (χ2n) is 30.1. The van der Waals surface area contributed by atoms with Crippen molar-refractivity contribution in [3.05, 3.63) is 189 Å². The molecule has 0 aromatic heterocycles. The SMILES string of the molecule is CN1Cc2c(Cl)cc(Cl)cc2[C@H](c2cccc(S(=O)(=O)CCCOCCOCCNC(=O)NCCC(CCCC(=O)CCCOCCOCCNS(=O)(=O)c3cccc([C@@H]4CN(C)Cc5c(Cl)cc(Cl)cc54)c3)(CCNC(=O)NCCOCCOCCNS(=O)(=O)c3cccc([C@@H]4CN(C)Cc5c(Cl)cc(Cl)cc54)c3)NC(=O)COCC(=O)O)c2)C1. The molecule has 1 unspecified atom stereocenters. The van der Waals surface area contributed by atoms with Crippen LogP contribution in [0.15, 0.2) is 124 Å². The van der Waals surface area contributed by atoms with Crippen molar-refractivity contribution in [1.82, 2.24) is 50.7 Å². The number of ether oxygens (including phenoxy) is 7. The lowest BCUT2D eigenvalue weighted by Crippen LogP contribution is -2.54. The number of sulfone groups is 1. The van der Waals surface area contributed by atoms with E-state index in [1.165, 1.54) is 12.1 Å². The maximum Gasteiger partial charge on any atom is 0.329 e. The zero-order valence-corrected chi connectivity index (χ0v) is 75.0. The van der Waals surface area contributed by atoms with E-state index in [9.17, 15) is 54.3 Å². The molecule has 6 aromatic carbocycles. The average Bonchev–Trinajstić information content (AvgIpc) is 0.780. The second kappa shape index (κ2) is 48.9. The molecule has 5 amide bonds. The topological polar surface area (TPSA) is 367 Å². The number of hydrogen-bond acceptors (Lipinski definition) is 21. The van der Waals surface area contributed by atoms with Gasteiger partial charge in [-0.25, -0.2) is 49.1 Å². The van der Waals surface area contributed by atoms with Crippen LogP contribution in [0.4, 0.5) is 9.59 Å². The molecular formula is C83H108Cl6N10O19S3. The highest BCUT2D eigenvalue weighted by molar-refractivity contribution is 7.91. The Bertz CT molecular complexity index is 4390. The number of carbonyl (C=O) groups excluding carboxylic acids is 4. The number of nitrogens with one attached hydrogen (secondary N) is 7. The Hall–Kier alpha value is -6.42. The van der Waals surface area contributed by atoms with Crippen molar-refractivity contribution < 1.29 is 87.5 Å². The molecule has 0 fully saturated rings. The average molecular weight is 1860 g/mol. The predicted molar refractivity (Wildman–Crippen MR) is 465 cm³/mol. The van der Waals surface area contributed by atoms with Crippen molar-refractivity contribution in [3.63, 3.8) is 0 Å². The number of aliphatic carboxylic acids is 1. The highest BCUT2D eigenvalue weighted by Gasteiger charge is 2.35. The fraction of sp³-hybridized carbons (Fsp3) is 0.506. The van der Waals surface area contributed by atoms with E-state index in [1.807, 2.05) is 57.5 Å². The summed E-state index contributed by atoms with van der Waals surface area (Å²) in [6, 6.07) is 30.1. The number of rotatable bonds is 52. The number of carboxylic acid groups (broad SMARTS) is 1. The van der Waals surface area contributed by atoms with Crippen LogP contribution in [0.25, 0.3) is 0 Å². The van der Waals surface area contributed by atoms with Crippen molar-refractivity contribution in [1.29, 1.82) is 0 Å². The molecule has 3 heterocycles. The molecule has 0 saturated heterocycles. The normalized spacial score (nSPS) is 16.3. The predicted octanol–water partition coefficient (Wildman–Crippen LogP) is 10.4. The van der Waals surface area contributed by atoms with E-state index < -0.39 is 72.6 Å². The molecule has 6 aromatic rings. The molecule has 0 aliphatic carbocycles. The summed E-state index contributed by atoms with van der Waals surface area (Å²) < 4.78 is 125. The Morgan fingerprint density at radius 1 is 0.421 bits per heavy atom. The number of halogens is 6. The molecule has 664 valence electrons. The van der Waals surface area contributed by atoms with Crippen LogP contribution < -0.4 is 36.0 Å². The van der Waals surface area contributed by atoms with Crippen LogP contribution in [0.5, 0.6) is 0 Å². The molecular weight excluding hydrogens is 1750 g/mol. The number of carboxylic acids is 1. The van der Waals surface area contributed by atoms with Crippen LogP contribution in [-0.2, 0) is 97.1 Å². The van der Waals surface area contributed by atoms with E-state index in [-0.39, 0.29) is 207 Å². The van der Waals surface area contributed by atoms with Gasteiger partial charge in [0.1, 0.15) is 19.0 Å². The zero-order chi connectivity index (χ0) is 87.1. The number of likely N-dealkylation sites (N-methyl/N-ethyl adjacent to an activating group) is 3. The van der Waals surface area contributed by atoms with Crippen molar-refractivity contribution in [3.8, 4) is 0 Å². The van der Waals surface area contributed by atoms with Gasteiger partial charge in [0, 0.05) is 158 Å². The first kappa shape index (κ1) is 98.4. The Balaban J connectivity index is 0.692. The quantitative estimate of drug-likeness (QED) is 0.0164. The summed E-state index contributed by atoms with van der Waals surface area (Å²) in [6.07, 6.45) is 1.43. The van der Waals surface area contributed by atoms with E-state index in [4.69, 9.17) is 103 Å². The largest absolute Gasteiger partial charge is 0.480 e. The fourth-order valence-electron chi connectivity index (χ4n) is 14.9. The van der Waals surface area contributed by atoms with E-state index >= 15 is 0 Å². The third-order valence-corrected chi connectivity index (χ3v) is 27.1. The van der Waals surface area contributed by atoms with Crippen molar-refractivity contribution in [2.45, 2.75) is 109 Å². The van der Waals surface area contributed by atoms with Gasteiger partial charge in [-0.2, -0.15) is 0 Å². The van der Waals surface area contributed by atoms with Gasteiger partial charge in [-0.05, 0) is 183 Å². The summed E-state index contributed by atoms with van der Waals surface area (Å²) in [6.45, 7) is 4.20. The number of carbonyl (C=O) groups is 5. The minimum Gasteiger partial charge on any atom is -0.480 e. The van der Waals surface area contributed by atoms with Crippen molar-refractivity contribution in [2.75, 3.05) is 178 Å². The minimum absolute atomic E-state index is 0.00277. The van der Waals surface area contributed by atoms with Crippen molar-refractivity contribution >= 4 is 129 Å². The number of benzene rings is 6. The lowest BCUT2D eigenvalue weighted by molar-refractivity contribution is -0.144. The summed E-state index contributed by atoms with van der Waals surface area (Å²) in [5, 5.41) is 26.4. The summed E-state index contributed by atoms with van der Waals surface area (Å²) in [7, 11) is -5.53. The first-order valence-electron chi connectivity index (χ1n) is 40.0. The van der Waals surface area contributed by atoms with Crippen molar-refractivity contribution in [2.24, 2.45) is 0 Å². The number of sulfonamides is 2. The van der Waals surface area contributed by atoms with Gasteiger partial charge in [0.15, 0.2) is 9.84 Å². The number of hydrogen-bond donors (Lipinski definition) is 8. The number of nitrogens with zero attached hydrogens (tertiary/aromatic N) is 3. The second-order valence-corrected chi connectivity index (χ2v) is 38.2. The Morgan fingerprint density at radius 2 is 0.785 bits per heavy atom. The maximum absolute atomic E-state index is 13.6. The number of urea groups is 2. The third kappa shape index (κ3) is 31.6. The molecule has 9 rings (SSSR count). The van der Waals surface area contributed by atoms with Crippen LogP contribution in [0.1, 0.15) is 119 Å². The maximum atomic E-state index is 13.6. The molecule has 29 nitrogen and oxygen atoms in total. The van der Waals surface area contributed by atoms with Gasteiger partial charge in [-0.1, -0.05) is 106 Å². The third-order valence-electron chi connectivity index (χ3n) is 20.7. The molecule has 4 atom stereocenters. The molecule has 38 heteroatoms. The molecule has 3 aliphatic rings. The first-order valence-corrected chi connectivity index (χ1v) is 46.9. The van der Waals surface area contributed by atoms with Crippen LogP contribution in [0, 0.1) is 0 Å². The molecule has 121 heavy (non-hydrogen) atoms. The van der Waals surface area contributed by atoms with E-state index in [0.29, 0.717) is 75.8 Å². The van der Waals surface area contributed by atoms with Crippen LogP contribution in [-0.4, -0.2) is 259 Å². The highest BCUT2D eigenvalue weighted by Crippen LogP contribution is 2.43. The van der Waals surface area contributed by atoms with E-state index in [2.05, 4.69) is 50.7 Å². The Morgan fingerprint density at radius 3 is 1.20 bits per heavy atom. The molecule has 0 spiro atoms. The number of amides is 5. The summed E-state index contributed by atoms with van der Waals surface area (Å²) in [4.78, 5) is 71.5. The lowest BCUT2D eigenvalue weighted by atomic mass is 9.84. The number of fused-ring (bicyclic) bond motifs is 3. The van der Waals surface area contributed by atoms with Gasteiger partial charge >= 0.3 is 18.0 Å². The van der Waals surface area contributed by atoms with E-state index in [1.54, 1.807) is 60.7 Å². The molecule has 0 bridgehead atoms. The van der Waals surface area contributed by atoms with Gasteiger partial charge in [0.05, 0.1) is 86.5 Å². The fourth-order valence-corrected chi connectivity index (χ4v) is 20.1. The highest BCUT2D eigenvalue weighted by atomic mass is 35.5. The molecule has 8 N–H and O–H groups in total. The van der Waals surface area contributed by atoms with Gasteiger partial charge in [0.2, 0.25) is 26.0 Å². The Kier molecular flexibility index (Phi) is 39.8.